The van der Waals surface area contributed by atoms with Crippen LogP contribution in [0.2, 0.25) is 5.02 Å². The average molecular weight is 303 g/mol. The van der Waals surface area contributed by atoms with Gasteiger partial charge in [0, 0.05) is 17.6 Å². The van der Waals surface area contributed by atoms with E-state index >= 15 is 0 Å². The van der Waals surface area contributed by atoms with Crippen molar-refractivity contribution in [1.29, 1.82) is 0 Å². The molecule has 0 amide bonds. The number of anilines is 1. The summed E-state index contributed by atoms with van der Waals surface area (Å²) in [6.07, 6.45) is 0. The number of aromatic amines is 1. The van der Waals surface area contributed by atoms with Crippen molar-refractivity contribution < 1.29 is 0 Å². The second-order valence-corrected chi connectivity index (χ2v) is 5.18. The number of H-pyrrole nitrogens is 1. The molecule has 2 aromatic heterocycles. The van der Waals surface area contributed by atoms with Gasteiger partial charge in [0.15, 0.2) is 0 Å². The second-order valence-electron chi connectivity index (χ2n) is 4.75. The molecule has 0 saturated heterocycles. The summed E-state index contributed by atoms with van der Waals surface area (Å²) < 4.78 is 1.73. The Morgan fingerprint density at radius 1 is 1.29 bits per heavy atom. The molecule has 1 aromatic carbocycles. The second kappa shape index (κ2) is 5.57. The maximum atomic E-state index is 5.88. The zero-order valence-corrected chi connectivity index (χ0v) is 12.5. The lowest BCUT2D eigenvalue weighted by atomic mass is 10.1. The van der Waals surface area contributed by atoms with Gasteiger partial charge in [-0.25, -0.2) is 0 Å². The molecule has 2 N–H and O–H groups in total. The van der Waals surface area contributed by atoms with Crippen LogP contribution in [-0.4, -0.2) is 25.0 Å². The van der Waals surface area contributed by atoms with E-state index in [-0.39, 0.29) is 0 Å². The van der Waals surface area contributed by atoms with Gasteiger partial charge in [0.2, 0.25) is 5.95 Å². The Bertz CT molecular complexity index is 724. The summed E-state index contributed by atoms with van der Waals surface area (Å²) in [5.41, 5.74) is 2.87. The molecule has 3 rings (SSSR count). The van der Waals surface area contributed by atoms with Crippen molar-refractivity contribution in [3.63, 3.8) is 0 Å². The van der Waals surface area contributed by atoms with Gasteiger partial charge < -0.3 is 5.32 Å². The summed E-state index contributed by atoms with van der Waals surface area (Å²) in [6, 6.07) is 9.58. The standard InChI is InChI=1S/C14H15ClN6/c1-9-17-14(20-21(9)2)16-8-12-7-13(19-18-12)10-3-5-11(15)6-4-10/h3-7H,8H2,1-2H3,(H,16,20)(H,18,19). The number of halogens is 1. The molecule has 0 fully saturated rings. The van der Waals surface area contributed by atoms with Gasteiger partial charge in [0.25, 0.3) is 0 Å². The molecule has 0 aliphatic rings. The first-order valence-electron chi connectivity index (χ1n) is 6.53. The van der Waals surface area contributed by atoms with Crippen LogP contribution in [0.3, 0.4) is 0 Å². The van der Waals surface area contributed by atoms with Gasteiger partial charge in [-0.3, -0.25) is 9.78 Å². The molecule has 108 valence electrons. The zero-order chi connectivity index (χ0) is 14.8. The normalized spacial score (nSPS) is 10.8. The van der Waals surface area contributed by atoms with Crippen LogP contribution in [0.5, 0.6) is 0 Å². The summed E-state index contributed by atoms with van der Waals surface area (Å²) in [5.74, 6) is 1.47. The van der Waals surface area contributed by atoms with Gasteiger partial charge in [-0.1, -0.05) is 23.7 Å². The number of aryl methyl sites for hydroxylation is 2. The van der Waals surface area contributed by atoms with Crippen LogP contribution in [0.4, 0.5) is 5.95 Å². The molecule has 0 aliphatic heterocycles. The van der Waals surface area contributed by atoms with E-state index in [0.29, 0.717) is 17.5 Å². The van der Waals surface area contributed by atoms with Crippen molar-refractivity contribution in [3.05, 3.63) is 46.9 Å². The van der Waals surface area contributed by atoms with Gasteiger partial charge in [-0.05, 0) is 25.1 Å². The van der Waals surface area contributed by atoms with Crippen molar-refractivity contribution in [2.75, 3.05) is 5.32 Å². The molecule has 0 aliphatic carbocycles. The Morgan fingerprint density at radius 2 is 2.05 bits per heavy atom. The summed E-state index contributed by atoms with van der Waals surface area (Å²) >= 11 is 5.88. The topological polar surface area (TPSA) is 71.4 Å². The molecule has 0 saturated carbocycles. The predicted molar refractivity (Wildman–Crippen MR) is 82.1 cm³/mol. The van der Waals surface area contributed by atoms with Gasteiger partial charge in [0.05, 0.1) is 17.9 Å². The van der Waals surface area contributed by atoms with Crippen molar-refractivity contribution in [3.8, 4) is 11.3 Å². The lowest BCUT2D eigenvalue weighted by Gasteiger charge is -1.97. The molecular weight excluding hydrogens is 288 g/mol. The first-order valence-corrected chi connectivity index (χ1v) is 6.91. The van der Waals surface area contributed by atoms with E-state index in [2.05, 4.69) is 25.6 Å². The Labute approximate surface area is 127 Å². The monoisotopic (exact) mass is 302 g/mol. The smallest absolute Gasteiger partial charge is 0.242 e. The van der Waals surface area contributed by atoms with E-state index in [1.54, 1.807) is 4.68 Å². The third-order valence-electron chi connectivity index (χ3n) is 3.19. The number of rotatable bonds is 4. The summed E-state index contributed by atoms with van der Waals surface area (Å²) in [6.45, 7) is 2.50. The van der Waals surface area contributed by atoms with E-state index in [4.69, 9.17) is 11.6 Å². The molecular formula is C14H15ClN6. The van der Waals surface area contributed by atoms with Gasteiger partial charge >= 0.3 is 0 Å². The summed E-state index contributed by atoms with van der Waals surface area (Å²) in [5, 5.41) is 15.4. The van der Waals surface area contributed by atoms with Crippen LogP contribution in [-0.2, 0) is 13.6 Å². The van der Waals surface area contributed by atoms with Crippen molar-refractivity contribution in [2.45, 2.75) is 13.5 Å². The molecule has 0 radical (unpaired) electrons. The highest BCUT2D eigenvalue weighted by molar-refractivity contribution is 6.30. The molecule has 0 bridgehead atoms. The van der Waals surface area contributed by atoms with Crippen LogP contribution >= 0.6 is 11.6 Å². The Kier molecular flexibility index (Phi) is 3.62. The van der Waals surface area contributed by atoms with E-state index in [0.717, 1.165) is 22.8 Å². The summed E-state index contributed by atoms with van der Waals surface area (Å²) in [4.78, 5) is 4.29. The highest BCUT2D eigenvalue weighted by Crippen LogP contribution is 2.20. The minimum absolute atomic E-state index is 0.587. The SMILES string of the molecule is Cc1nc(NCc2cc(-c3ccc(Cl)cc3)n[nH]2)nn1C. The lowest BCUT2D eigenvalue weighted by molar-refractivity contribution is 0.735. The van der Waals surface area contributed by atoms with Crippen LogP contribution < -0.4 is 5.32 Å². The van der Waals surface area contributed by atoms with Crippen molar-refractivity contribution in [2.24, 2.45) is 7.05 Å². The highest BCUT2D eigenvalue weighted by atomic mass is 35.5. The minimum Gasteiger partial charge on any atom is -0.347 e. The van der Waals surface area contributed by atoms with Crippen LogP contribution in [0.25, 0.3) is 11.3 Å². The maximum absolute atomic E-state index is 5.88. The number of aromatic nitrogens is 5. The summed E-state index contributed by atoms with van der Waals surface area (Å²) in [7, 11) is 1.86. The fraction of sp³-hybridized carbons (Fsp3) is 0.214. The average Bonchev–Trinajstić information content (AvgIpc) is 3.05. The highest BCUT2D eigenvalue weighted by Gasteiger charge is 2.06. The number of benzene rings is 1. The lowest BCUT2D eigenvalue weighted by Crippen LogP contribution is -2.02. The van der Waals surface area contributed by atoms with E-state index in [9.17, 15) is 0 Å². The molecule has 6 nitrogen and oxygen atoms in total. The molecule has 0 atom stereocenters. The largest absolute Gasteiger partial charge is 0.347 e. The molecule has 0 unspecified atom stereocenters. The molecule has 2 heterocycles. The number of nitrogens with zero attached hydrogens (tertiary/aromatic N) is 4. The third-order valence-corrected chi connectivity index (χ3v) is 3.44. The van der Waals surface area contributed by atoms with Gasteiger partial charge in [-0.15, -0.1) is 5.10 Å². The first kappa shape index (κ1) is 13.6. The molecule has 3 aromatic rings. The van der Waals surface area contributed by atoms with Crippen molar-refractivity contribution in [1.82, 2.24) is 25.0 Å². The number of nitrogens with one attached hydrogen (secondary N) is 2. The molecule has 0 spiro atoms. The molecule has 7 heteroatoms. The third kappa shape index (κ3) is 3.05. The maximum Gasteiger partial charge on any atom is 0.242 e. The minimum atomic E-state index is 0.587. The van der Waals surface area contributed by atoms with Crippen LogP contribution in [0, 0.1) is 6.92 Å². The van der Waals surface area contributed by atoms with Gasteiger partial charge in [-0.2, -0.15) is 10.1 Å². The van der Waals surface area contributed by atoms with E-state index < -0.39 is 0 Å². The van der Waals surface area contributed by atoms with Crippen LogP contribution in [0.1, 0.15) is 11.5 Å². The number of hydrogen-bond donors (Lipinski definition) is 2. The van der Waals surface area contributed by atoms with Crippen LogP contribution in [0.15, 0.2) is 30.3 Å². The quantitative estimate of drug-likeness (QED) is 0.777. The Morgan fingerprint density at radius 3 is 2.71 bits per heavy atom. The van der Waals surface area contributed by atoms with Crippen molar-refractivity contribution >= 4 is 17.5 Å². The fourth-order valence-electron chi connectivity index (χ4n) is 1.93. The number of hydrogen-bond acceptors (Lipinski definition) is 4. The first-order chi connectivity index (χ1) is 10.1. The van der Waals surface area contributed by atoms with E-state index in [1.807, 2.05) is 44.3 Å². The van der Waals surface area contributed by atoms with Gasteiger partial charge in [0.1, 0.15) is 5.82 Å². The van der Waals surface area contributed by atoms with E-state index in [1.165, 1.54) is 0 Å². The fourth-order valence-corrected chi connectivity index (χ4v) is 2.06. The zero-order valence-electron chi connectivity index (χ0n) is 11.8. The Balaban J connectivity index is 1.69. The molecule has 21 heavy (non-hydrogen) atoms. The predicted octanol–water partition coefficient (Wildman–Crippen LogP) is 2.78. The Hall–Kier alpha value is -2.34.